The first kappa shape index (κ1) is 38.5. The monoisotopic (exact) mass is 807 g/mol. The van der Waals surface area contributed by atoms with Crippen LogP contribution >= 0.6 is 0 Å². The number of hydrogen-bond acceptors (Lipinski definition) is 11. The molecule has 0 spiro atoms. The van der Waals surface area contributed by atoms with Gasteiger partial charge in [-0.2, -0.15) is 0 Å². The molecule has 0 unspecified atom stereocenters. The van der Waals surface area contributed by atoms with E-state index in [1.807, 2.05) is 71.8 Å². The van der Waals surface area contributed by atoms with Crippen molar-refractivity contribution in [1.82, 2.24) is 0 Å². The van der Waals surface area contributed by atoms with Crippen molar-refractivity contribution >= 4 is 41.0 Å². The Morgan fingerprint density at radius 1 is 0.783 bits per heavy atom. The predicted molar refractivity (Wildman–Crippen MR) is 222 cm³/mol. The fraction of sp³-hybridized carbons (Fsp3) is 0.277. The van der Waals surface area contributed by atoms with Crippen molar-refractivity contribution in [2.45, 2.75) is 57.4 Å². The zero-order valence-corrected chi connectivity index (χ0v) is 33.3. The first-order valence-electron chi connectivity index (χ1n) is 20.0. The number of unbranched alkanes of at least 4 members (excludes halogenated alkanes) is 1. The van der Waals surface area contributed by atoms with Gasteiger partial charge in [-0.15, -0.1) is 0 Å². The molecule has 0 fully saturated rings. The third-order valence-corrected chi connectivity index (χ3v) is 11.3. The summed E-state index contributed by atoms with van der Waals surface area (Å²) in [6, 6.07) is 28.1. The van der Waals surface area contributed by atoms with Crippen molar-refractivity contribution in [2.24, 2.45) is 9.98 Å². The fourth-order valence-electron chi connectivity index (χ4n) is 8.40. The third-order valence-electron chi connectivity index (χ3n) is 11.3. The summed E-state index contributed by atoms with van der Waals surface area (Å²) in [7, 11) is 3.07. The van der Waals surface area contributed by atoms with E-state index in [-0.39, 0.29) is 43.5 Å². The summed E-state index contributed by atoms with van der Waals surface area (Å²) in [5, 5.41) is 24.0. The number of carbonyl (C=O) groups is 2. The number of aliphatic imine (C=N–C) groups is 1. The molecule has 0 aromatic heterocycles. The third kappa shape index (κ3) is 7.42. The number of ether oxygens (including phenoxy) is 5. The van der Waals surface area contributed by atoms with Crippen LogP contribution in [-0.2, 0) is 30.8 Å². The molecule has 9 rings (SSSR count). The average Bonchev–Trinajstić information content (AvgIpc) is 3.75. The molecule has 13 nitrogen and oxygen atoms in total. The molecule has 2 atom stereocenters. The van der Waals surface area contributed by atoms with E-state index < -0.39 is 5.97 Å². The predicted octanol–water partition coefficient (Wildman–Crippen LogP) is 5.27. The van der Waals surface area contributed by atoms with Gasteiger partial charge >= 0.3 is 5.97 Å². The minimum absolute atomic E-state index is 0.0625. The summed E-state index contributed by atoms with van der Waals surface area (Å²) in [6.45, 7) is 1.01. The number of nitrogens with zero attached hydrogens (tertiary/aromatic N) is 4. The Morgan fingerprint density at radius 3 is 2.17 bits per heavy atom. The Bertz CT molecular complexity index is 2660. The molecule has 13 heteroatoms. The molecule has 4 aliphatic heterocycles. The quantitative estimate of drug-likeness (QED) is 0.147. The molecule has 0 aliphatic carbocycles. The fourth-order valence-corrected chi connectivity index (χ4v) is 8.40. The molecule has 1 amide bonds. The van der Waals surface area contributed by atoms with E-state index in [1.165, 1.54) is 14.2 Å². The lowest BCUT2D eigenvalue weighted by Crippen LogP contribution is -2.41. The lowest BCUT2D eigenvalue weighted by atomic mass is 10.1. The van der Waals surface area contributed by atoms with Crippen molar-refractivity contribution in [3.05, 3.63) is 129 Å². The largest absolute Gasteiger partial charge is 0.860 e. The molecule has 0 radical (unpaired) electrons. The van der Waals surface area contributed by atoms with Crippen LogP contribution in [0, 0.1) is 0 Å². The van der Waals surface area contributed by atoms with Gasteiger partial charge in [0.25, 0.3) is 5.91 Å². The van der Waals surface area contributed by atoms with Crippen molar-refractivity contribution in [3.8, 4) is 28.7 Å². The SMILES string of the molecule is COc1cc2c(cc1OCc1cc(COc3cc4c(cc3OC)=C([O-])N3c5ccccc5C[C@H]3CN=4)cc(OCCCCC(=O)O)c1)N=C[C@@H]1Cc3ccccc3N1C2=O. The Labute approximate surface area is 346 Å². The van der Waals surface area contributed by atoms with Gasteiger partial charge < -0.3 is 38.8 Å². The maximum atomic E-state index is 13.9. The van der Waals surface area contributed by atoms with Crippen molar-refractivity contribution in [3.63, 3.8) is 0 Å². The van der Waals surface area contributed by atoms with Gasteiger partial charge in [0.2, 0.25) is 0 Å². The van der Waals surface area contributed by atoms with Crippen molar-refractivity contribution < 1.29 is 43.5 Å². The Balaban J connectivity index is 0.968. The van der Waals surface area contributed by atoms with Crippen LogP contribution in [0.2, 0.25) is 0 Å². The summed E-state index contributed by atoms with van der Waals surface area (Å²) >= 11 is 0. The van der Waals surface area contributed by atoms with Gasteiger partial charge in [-0.1, -0.05) is 36.4 Å². The molecule has 0 saturated carbocycles. The first-order valence-corrected chi connectivity index (χ1v) is 20.0. The second-order valence-corrected chi connectivity index (χ2v) is 15.2. The lowest BCUT2D eigenvalue weighted by Gasteiger charge is -2.32. The zero-order valence-electron chi connectivity index (χ0n) is 33.3. The van der Waals surface area contributed by atoms with Gasteiger partial charge in [0.15, 0.2) is 23.0 Å². The normalized spacial score (nSPS) is 16.9. The Kier molecular flexibility index (Phi) is 10.5. The van der Waals surface area contributed by atoms with Crippen LogP contribution in [0.5, 0.6) is 28.7 Å². The van der Waals surface area contributed by atoms with E-state index in [0.717, 1.165) is 40.0 Å². The van der Waals surface area contributed by atoms with Gasteiger partial charge in [-0.05, 0) is 89.9 Å². The molecular weight excluding hydrogens is 765 g/mol. The highest BCUT2D eigenvalue weighted by Crippen LogP contribution is 2.41. The van der Waals surface area contributed by atoms with Gasteiger partial charge in [0, 0.05) is 47.8 Å². The molecule has 5 aromatic carbocycles. The molecule has 306 valence electrons. The topological polar surface area (TPSA) is 155 Å². The molecule has 5 aromatic rings. The molecular formula is C47H43N4O9-. The zero-order chi connectivity index (χ0) is 41.3. The smallest absolute Gasteiger partial charge is 0.303 e. The van der Waals surface area contributed by atoms with E-state index in [1.54, 1.807) is 29.2 Å². The number of carboxylic acids is 1. The maximum absolute atomic E-state index is 13.9. The standard InChI is InChI=1S/C47H44N4O9/c1-56-41-20-35-37(48-24-32-18-30-9-3-5-11-39(30)50(32)46(35)54)22-43(41)59-26-28-15-29(17-34(16-28)58-14-8-7-13-45(52)53)27-60-44-23-38-36(21-42(44)57-2)47(55)51-33(25-49-38)19-31-10-4-6-12-40(31)51/h3-6,9-12,15-17,20-24,32-33,55H,7-8,13-14,18-19,25-27H2,1-2H3,(H,52,53)/p-1/t32-,33-/m0/s1. The molecule has 1 N–H and O–H groups in total. The number of carboxylic acid groups (broad SMARTS) is 1. The van der Waals surface area contributed by atoms with Crippen LogP contribution in [0.25, 0.3) is 5.88 Å². The number of methoxy groups -OCH3 is 2. The van der Waals surface area contributed by atoms with E-state index in [9.17, 15) is 14.7 Å². The molecule has 4 aliphatic rings. The van der Waals surface area contributed by atoms with Crippen LogP contribution in [0.15, 0.2) is 101 Å². The van der Waals surface area contributed by atoms with Gasteiger partial charge in [-0.25, -0.2) is 0 Å². The van der Waals surface area contributed by atoms with E-state index in [2.05, 4.69) is 6.07 Å². The molecule has 0 bridgehead atoms. The molecule has 4 heterocycles. The van der Waals surface area contributed by atoms with E-state index in [4.69, 9.17) is 38.8 Å². The molecule has 60 heavy (non-hydrogen) atoms. The van der Waals surface area contributed by atoms with Crippen LogP contribution in [-0.4, -0.2) is 62.7 Å². The number of hydrogen-bond donors (Lipinski definition) is 1. The van der Waals surface area contributed by atoms with Crippen LogP contribution in [0.4, 0.5) is 17.1 Å². The summed E-state index contributed by atoms with van der Waals surface area (Å²) in [4.78, 5) is 38.2. The second kappa shape index (κ2) is 16.3. The number of aliphatic carboxylic acids is 1. The first-order chi connectivity index (χ1) is 29.3. The van der Waals surface area contributed by atoms with E-state index in [0.29, 0.717) is 83.0 Å². The maximum Gasteiger partial charge on any atom is 0.303 e. The number of benzene rings is 5. The minimum atomic E-state index is -0.848. The number of carbonyl (C=O) groups excluding carboxylic acids is 1. The summed E-state index contributed by atoms with van der Waals surface area (Å²) < 4.78 is 30.3. The van der Waals surface area contributed by atoms with Gasteiger partial charge in [-0.3, -0.25) is 24.5 Å². The van der Waals surface area contributed by atoms with Crippen LogP contribution < -0.4 is 49.2 Å². The second-order valence-electron chi connectivity index (χ2n) is 15.2. The number of anilines is 2. The van der Waals surface area contributed by atoms with E-state index >= 15 is 0 Å². The highest BCUT2D eigenvalue weighted by atomic mass is 16.5. The van der Waals surface area contributed by atoms with Crippen LogP contribution in [0.3, 0.4) is 0 Å². The average molecular weight is 808 g/mol. The highest BCUT2D eigenvalue weighted by molar-refractivity contribution is 6.14. The Morgan fingerprint density at radius 2 is 1.45 bits per heavy atom. The highest BCUT2D eigenvalue weighted by Gasteiger charge is 2.36. The van der Waals surface area contributed by atoms with Crippen molar-refractivity contribution in [1.29, 1.82) is 0 Å². The number of fused-ring (bicyclic) bond motifs is 8. The summed E-state index contributed by atoms with van der Waals surface area (Å²) in [5.74, 6) is 1.07. The van der Waals surface area contributed by atoms with Crippen molar-refractivity contribution in [2.75, 3.05) is 37.2 Å². The summed E-state index contributed by atoms with van der Waals surface area (Å²) in [6.07, 6.45) is 4.35. The Hall–Kier alpha value is -7.02. The number of rotatable bonds is 14. The lowest BCUT2D eigenvalue weighted by molar-refractivity contribution is -0.252. The number of amides is 1. The van der Waals surface area contributed by atoms with Gasteiger partial charge in [0.1, 0.15) is 19.0 Å². The van der Waals surface area contributed by atoms with Gasteiger partial charge in [0.05, 0.1) is 56.1 Å². The minimum Gasteiger partial charge on any atom is -0.860 e. The summed E-state index contributed by atoms with van der Waals surface area (Å²) in [5.41, 5.74) is 6.47. The molecule has 0 saturated heterocycles. The van der Waals surface area contributed by atoms with Crippen LogP contribution in [0.1, 0.15) is 51.9 Å². The number of para-hydroxylation sites is 2.